The van der Waals surface area contributed by atoms with E-state index in [0.29, 0.717) is 0 Å². The minimum Gasteiger partial charge on any atom is -0.405 e. The highest BCUT2D eigenvalue weighted by Crippen LogP contribution is 2.27. The molecule has 0 saturated heterocycles. The van der Waals surface area contributed by atoms with Crippen LogP contribution in [0.2, 0.25) is 0 Å². The van der Waals surface area contributed by atoms with Gasteiger partial charge in [0.2, 0.25) is 0 Å². The quantitative estimate of drug-likeness (QED) is 0.617. The lowest BCUT2D eigenvalue weighted by Gasteiger charge is -2.11. The van der Waals surface area contributed by atoms with E-state index in [1.165, 1.54) is 12.1 Å². The maximum Gasteiger partial charge on any atom is 0.573 e. The average Bonchev–Trinajstić information content (AvgIpc) is 2.03. The van der Waals surface area contributed by atoms with Crippen LogP contribution in [0.5, 0.6) is 5.75 Å². The Balaban J connectivity index is 3.01. The molecule has 16 heavy (non-hydrogen) atoms. The van der Waals surface area contributed by atoms with Gasteiger partial charge in [0.1, 0.15) is 11.5 Å². The summed E-state index contributed by atoms with van der Waals surface area (Å²) >= 11 is 0. The Labute approximate surface area is 88.9 Å². The van der Waals surface area contributed by atoms with Crippen molar-refractivity contribution in [1.82, 2.24) is 0 Å². The van der Waals surface area contributed by atoms with Gasteiger partial charge in [-0.1, -0.05) is 18.2 Å². The van der Waals surface area contributed by atoms with Gasteiger partial charge in [0.25, 0.3) is 0 Å². The lowest BCUT2D eigenvalue weighted by molar-refractivity contribution is -0.274. The summed E-state index contributed by atoms with van der Waals surface area (Å²) in [5.74, 6) is -1.88. The van der Waals surface area contributed by atoms with Crippen molar-refractivity contribution in [3.8, 4) is 5.75 Å². The highest BCUT2D eigenvalue weighted by molar-refractivity contribution is 7.85. The molecule has 90 valence electrons. The highest BCUT2D eigenvalue weighted by Gasteiger charge is 2.32. The molecule has 0 spiro atoms. The van der Waals surface area contributed by atoms with Crippen molar-refractivity contribution >= 4 is 10.2 Å². The fraction of sp³-hybridized carbons (Fsp3) is 0.250. The van der Waals surface area contributed by atoms with Crippen LogP contribution in [-0.4, -0.2) is 14.8 Å². The molecule has 0 aliphatic rings. The first-order valence-corrected chi connectivity index (χ1v) is 5.49. The lowest BCUT2D eigenvalue weighted by atomic mass is 10.2. The van der Waals surface area contributed by atoms with E-state index in [2.05, 4.69) is 4.74 Å². The first-order valence-electron chi connectivity index (χ1n) is 3.93. The van der Waals surface area contributed by atoms with Gasteiger partial charge in [0.15, 0.2) is 0 Å². The third-order valence-electron chi connectivity index (χ3n) is 1.53. The Morgan fingerprint density at radius 3 is 2.25 bits per heavy atom. The van der Waals surface area contributed by atoms with Crippen LogP contribution >= 0.6 is 0 Å². The second-order valence-corrected chi connectivity index (χ2v) is 4.21. The SMILES string of the molecule is O=S(=O)(F)Cc1ccccc1OC(F)(F)F. The van der Waals surface area contributed by atoms with Crippen LogP contribution in [0, 0.1) is 0 Å². The van der Waals surface area contributed by atoms with E-state index in [0.717, 1.165) is 12.1 Å². The van der Waals surface area contributed by atoms with E-state index in [1.807, 2.05) is 0 Å². The Morgan fingerprint density at radius 2 is 1.75 bits per heavy atom. The minimum atomic E-state index is -4.95. The lowest BCUT2D eigenvalue weighted by Crippen LogP contribution is -2.18. The largest absolute Gasteiger partial charge is 0.573 e. The zero-order valence-electron chi connectivity index (χ0n) is 7.66. The maximum absolute atomic E-state index is 12.3. The van der Waals surface area contributed by atoms with Crippen molar-refractivity contribution in [2.24, 2.45) is 0 Å². The Kier molecular flexibility index (Phi) is 3.41. The van der Waals surface area contributed by atoms with E-state index < -0.39 is 28.1 Å². The fourth-order valence-electron chi connectivity index (χ4n) is 1.03. The van der Waals surface area contributed by atoms with Gasteiger partial charge in [0, 0.05) is 5.56 Å². The molecule has 1 rings (SSSR count). The Morgan fingerprint density at radius 1 is 1.19 bits per heavy atom. The molecule has 0 aliphatic carbocycles. The molecule has 0 amide bonds. The second-order valence-electron chi connectivity index (χ2n) is 2.84. The average molecular weight is 258 g/mol. The summed E-state index contributed by atoms with van der Waals surface area (Å²) in [6.07, 6.45) is -4.95. The van der Waals surface area contributed by atoms with E-state index in [-0.39, 0.29) is 5.56 Å². The molecule has 0 N–H and O–H groups in total. The van der Waals surface area contributed by atoms with E-state index in [4.69, 9.17) is 0 Å². The summed E-state index contributed by atoms with van der Waals surface area (Å²) in [5.41, 5.74) is -0.387. The molecule has 0 fully saturated rings. The molecule has 0 aliphatic heterocycles. The van der Waals surface area contributed by atoms with Crippen LogP contribution in [0.4, 0.5) is 17.1 Å². The van der Waals surface area contributed by atoms with Gasteiger partial charge in [-0.3, -0.25) is 0 Å². The first kappa shape index (κ1) is 12.8. The standard InChI is InChI=1S/C8H6F4O3S/c9-8(10,11)15-7-4-2-1-3-6(7)5-16(12,13)14/h1-4H,5H2. The molecule has 0 heterocycles. The van der Waals surface area contributed by atoms with Gasteiger partial charge in [-0.15, -0.1) is 17.1 Å². The molecule has 1 aromatic rings. The molecule has 1 aromatic carbocycles. The fourth-order valence-corrected chi connectivity index (χ4v) is 1.64. The van der Waals surface area contributed by atoms with Gasteiger partial charge >= 0.3 is 16.6 Å². The summed E-state index contributed by atoms with van der Waals surface area (Å²) in [6.45, 7) is 0. The molecule has 8 heteroatoms. The molecular weight excluding hydrogens is 252 g/mol. The van der Waals surface area contributed by atoms with Crippen LogP contribution in [0.3, 0.4) is 0 Å². The van der Waals surface area contributed by atoms with Crippen LogP contribution in [0.15, 0.2) is 24.3 Å². The highest BCUT2D eigenvalue weighted by atomic mass is 32.3. The molecule has 0 radical (unpaired) electrons. The van der Waals surface area contributed by atoms with Crippen molar-refractivity contribution in [2.45, 2.75) is 12.1 Å². The maximum atomic E-state index is 12.3. The molecule has 0 bridgehead atoms. The Hall–Kier alpha value is -1.31. The van der Waals surface area contributed by atoms with Crippen molar-refractivity contribution in [3.05, 3.63) is 29.8 Å². The van der Waals surface area contributed by atoms with Crippen LogP contribution in [0.1, 0.15) is 5.56 Å². The number of hydrogen-bond donors (Lipinski definition) is 0. The summed E-state index contributed by atoms with van der Waals surface area (Å²) < 4.78 is 72.2. The van der Waals surface area contributed by atoms with E-state index >= 15 is 0 Å². The predicted molar refractivity (Wildman–Crippen MR) is 46.9 cm³/mol. The van der Waals surface area contributed by atoms with Gasteiger partial charge in [-0.25, -0.2) is 0 Å². The van der Waals surface area contributed by atoms with Gasteiger partial charge < -0.3 is 4.74 Å². The molecular formula is C8H6F4O3S. The molecule has 0 aromatic heterocycles. The van der Waals surface area contributed by atoms with Crippen LogP contribution in [0.25, 0.3) is 0 Å². The van der Waals surface area contributed by atoms with E-state index in [1.54, 1.807) is 0 Å². The van der Waals surface area contributed by atoms with Crippen molar-refractivity contribution < 1.29 is 30.2 Å². The molecule has 0 saturated carbocycles. The third-order valence-corrected chi connectivity index (χ3v) is 2.18. The second kappa shape index (κ2) is 4.28. The number of halogens is 4. The number of alkyl halides is 3. The van der Waals surface area contributed by atoms with Gasteiger partial charge in [-0.2, -0.15) is 8.42 Å². The predicted octanol–water partition coefficient (Wildman–Crippen LogP) is 2.38. The number of rotatable bonds is 3. The van der Waals surface area contributed by atoms with Gasteiger partial charge in [-0.05, 0) is 6.07 Å². The zero-order chi connectivity index (χ0) is 12.4. The van der Waals surface area contributed by atoms with Crippen molar-refractivity contribution in [1.29, 1.82) is 0 Å². The van der Waals surface area contributed by atoms with E-state index in [9.17, 15) is 25.5 Å². The number of para-hydroxylation sites is 1. The minimum absolute atomic E-state index is 0.387. The van der Waals surface area contributed by atoms with Crippen LogP contribution in [-0.2, 0) is 16.0 Å². The number of ether oxygens (including phenoxy) is 1. The third kappa shape index (κ3) is 4.47. The summed E-state index contributed by atoms with van der Waals surface area (Å²) in [5, 5.41) is 0. The normalized spacial score (nSPS) is 12.5. The number of hydrogen-bond acceptors (Lipinski definition) is 3. The Bertz CT molecular complexity index is 466. The topological polar surface area (TPSA) is 43.4 Å². The summed E-state index contributed by atoms with van der Waals surface area (Å²) in [6, 6.07) is 4.45. The summed E-state index contributed by atoms with van der Waals surface area (Å²) in [7, 11) is -4.90. The number of benzene rings is 1. The summed E-state index contributed by atoms with van der Waals surface area (Å²) in [4.78, 5) is 0. The molecule has 0 unspecified atom stereocenters. The first-order chi connectivity index (χ1) is 7.17. The van der Waals surface area contributed by atoms with Gasteiger partial charge in [0.05, 0.1) is 0 Å². The molecule has 3 nitrogen and oxygen atoms in total. The van der Waals surface area contributed by atoms with Crippen molar-refractivity contribution in [2.75, 3.05) is 0 Å². The van der Waals surface area contributed by atoms with Crippen LogP contribution < -0.4 is 4.74 Å². The smallest absolute Gasteiger partial charge is 0.405 e. The molecule has 0 atom stereocenters. The van der Waals surface area contributed by atoms with Crippen molar-refractivity contribution in [3.63, 3.8) is 0 Å². The monoisotopic (exact) mass is 258 g/mol. The zero-order valence-corrected chi connectivity index (χ0v) is 8.48.